The van der Waals surface area contributed by atoms with Crippen LogP contribution in [-0.2, 0) is 11.2 Å². The van der Waals surface area contributed by atoms with E-state index in [1.54, 1.807) is 20.0 Å². The summed E-state index contributed by atoms with van der Waals surface area (Å²) >= 11 is 0. The van der Waals surface area contributed by atoms with Gasteiger partial charge < -0.3 is 21.5 Å². The molecule has 0 amide bonds. The number of nitrogens with one attached hydrogen (secondary N) is 2. The van der Waals surface area contributed by atoms with Crippen molar-refractivity contribution in [3.05, 3.63) is 90.1 Å². The second kappa shape index (κ2) is 14.0. The SMILES string of the molecule is CC(CNCCCNc1cccnc1N)c1cccc(CC(C)(C)C(=O)O)c1.c1ccccc1. The first-order valence-electron chi connectivity index (χ1n) is 11.8. The Morgan fingerprint density at radius 3 is 2.32 bits per heavy atom. The van der Waals surface area contributed by atoms with Crippen LogP contribution in [0.5, 0.6) is 0 Å². The maximum atomic E-state index is 11.4. The van der Waals surface area contributed by atoms with E-state index in [-0.39, 0.29) is 0 Å². The van der Waals surface area contributed by atoms with E-state index in [1.165, 1.54) is 5.56 Å². The fraction of sp³-hybridized carbons (Fsp3) is 0.357. The molecule has 0 radical (unpaired) electrons. The third kappa shape index (κ3) is 9.63. The highest BCUT2D eigenvalue weighted by Gasteiger charge is 2.27. The lowest BCUT2D eigenvalue weighted by atomic mass is 9.85. The molecule has 0 saturated carbocycles. The predicted octanol–water partition coefficient (Wildman–Crippen LogP) is 5.20. The summed E-state index contributed by atoms with van der Waals surface area (Å²) in [6, 6.07) is 24.0. The number of benzene rings is 2. The Hall–Kier alpha value is -3.38. The number of nitrogens with two attached hydrogens (primary N) is 1. The Labute approximate surface area is 203 Å². The largest absolute Gasteiger partial charge is 0.481 e. The summed E-state index contributed by atoms with van der Waals surface area (Å²) in [7, 11) is 0. The summed E-state index contributed by atoms with van der Waals surface area (Å²) in [5, 5.41) is 16.1. The van der Waals surface area contributed by atoms with E-state index >= 15 is 0 Å². The highest BCUT2D eigenvalue weighted by Crippen LogP contribution is 2.24. The van der Waals surface area contributed by atoms with Gasteiger partial charge in [-0.25, -0.2) is 4.98 Å². The van der Waals surface area contributed by atoms with Crippen LogP contribution in [0.15, 0.2) is 79.0 Å². The van der Waals surface area contributed by atoms with Crippen LogP contribution in [-0.4, -0.2) is 35.7 Å². The third-order valence-electron chi connectivity index (χ3n) is 5.55. The quantitative estimate of drug-likeness (QED) is 0.292. The molecule has 3 aromatic rings. The molecule has 0 spiro atoms. The van der Waals surface area contributed by atoms with Crippen molar-refractivity contribution < 1.29 is 9.90 Å². The fourth-order valence-corrected chi connectivity index (χ4v) is 3.42. The van der Waals surface area contributed by atoms with Crippen molar-refractivity contribution in [1.29, 1.82) is 0 Å². The van der Waals surface area contributed by atoms with E-state index in [9.17, 15) is 9.90 Å². The molecule has 0 aliphatic heterocycles. The average Bonchev–Trinajstić information content (AvgIpc) is 2.83. The molecular weight excluding hydrogens is 424 g/mol. The van der Waals surface area contributed by atoms with Gasteiger partial charge in [-0.1, -0.05) is 67.6 Å². The molecule has 0 fully saturated rings. The maximum absolute atomic E-state index is 11.4. The van der Waals surface area contributed by atoms with Crippen molar-refractivity contribution in [1.82, 2.24) is 10.3 Å². The molecule has 1 aromatic heterocycles. The number of carbonyl (C=O) groups is 1. The number of aromatic nitrogens is 1. The fourth-order valence-electron chi connectivity index (χ4n) is 3.42. The number of carboxylic acids is 1. The minimum Gasteiger partial charge on any atom is -0.481 e. The summed E-state index contributed by atoms with van der Waals surface area (Å²) in [5.74, 6) is 0.110. The van der Waals surface area contributed by atoms with Crippen LogP contribution < -0.4 is 16.4 Å². The number of aliphatic carboxylic acids is 1. The average molecular weight is 463 g/mol. The lowest BCUT2D eigenvalue weighted by Gasteiger charge is -2.20. The second-order valence-electron chi connectivity index (χ2n) is 9.09. The van der Waals surface area contributed by atoms with Crippen LogP contribution >= 0.6 is 0 Å². The van der Waals surface area contributed by atoms with Gasteiger partial charge >= 0.3 is 5.97 Å². The van der Waals surface area contributed by atoms with Crippen LogP contribution in [0.3, 0.4) is 0 Å². The standard InChI is InChI=1S/C22H32N4O2.C6H6/c1-16(15-24-10-6-12-25-19-9-5-11-26-20(19)23)18-8-4-7-17(13-18)14-22(2,3)21(27)28;1-2-4-6-5-3-1/h4-5,7-9,11,13,16,24-25H,6,10,12,14-15H2,1-3H3,(H2,23,26)(H,27,28);1-6H. The topological polar surface area (TPSA) is 100 Å². The lowest BCUT2D eigenvalue weighted by Crippen LogP contribution is -2.26. The van der Waals surface area contributed by atoms with Gasteiger partial charge in [0.2, 0.25) is 0 Å². The van der Waals surface area contributed by atoms with Crippen molar-refractivity contribution in [2.45, 2.75) is 39.5 Å². The molecule has 0 aliphatic carbocycles. The number of pyridine rings is 1. The van der Waals surface area contributed by atoms with Gasteiger partial charge in [-0.05, 0) is 62.4 Å². The van der Waals surface area contributed by atoms with Crippen molar-refractivity contribution in [3.63, 3.8) is 0 Å². The van der Waals surface area contributed by atoms with Gasteiger partial charge in [0, 0.05) is 19.3 Å². The van der Waals surface area contributed by atoms with Crippen LogP contribution in [0.1, 0.15) is 44.2 Å². The molecule has 34 heavy (non-hydrogen) atoms. The summed E-state index contributed by atoms with van der Waals surface area (Å²) in [6.45, 7) is 8.32. The maximum Gasteiger partial charge on any atom is 0.309 e. The molecule has 182 valence electrons. The first-order chi connectivity index (χ1) is 16.3. The number of hydrogen-bond donors (Lipinski definition) is 4. The Morgan fingerprint density at radius 1 is 1.03 bits per heavy atom. The lowest BCUT2D eigenvalue weighted by molar-refractivity contribution is -0.146. The Balaban J connectivity index is 0.000000589. The molecule has 5 N–H and O–H groups in total. The third-order valence-corrected chi connectivity index (χ3v) is 5.55. The molecule has 0 bridgehead atoms. The molecule has 1 unspecified atom stereocenters. The van der Waals surface area contributed by atoms with Gasteiger partial charge in [0.15, 0.2) is 0 Å². The smallest absolute Gasteiger partial charge is 0.309 e. The molecular formula is C28H38N4O2. The summed E-state index contributed by atoms with van der Waals surface area (Å²) in [4.78, 5) is 15.4. The van der Waals surface area contributed by atoms with E-state index in [4.69, 9.17) is 5.73 Å². The number of anilines is 2. The minimum atomic E-state index is -0.769. The van der Waals surface area contributed by atoms with Crippen molar-refractivity contribution in [3.8, 4) is 0 Å². The van der Waals surface area contributed by atoms with E-state index < -0.39 is 11.4 Å². The first-order valence-corrected chi connectivity index (χ1v) is 11.8. The molecule has 1 atom stereocenters. The van der Waals surface area contributed by atoms with Gasteiger partial charge in [-0.3, -0.25) is 4.79 Å². The summed E-state index contributed by atoms with van der Waals surface area (Å²) < 4.78 is 0. The van der Waals surface area contributed by atoms with Crippen molar-refractivity contribution >= 4 is 17.5 Å². The Bertz CT molecular complexity index is 966. The molecule has 3 rings (SSSR count). The zero-order valence-electron chi connectivity index (χ0n) is 20.5. The van der Waals surface area contributed by atoms with Gasteiger partial charge in [-0.2, -0.15) is 0 Å². The number of hydrogen-bond acceptors (Lipinski definition) is 5. The number of nitrogen functional groups attached to an aromatic ring is 1. The summed E-state index contributed by atoms with van der Waals surface area (Å²) in [5.41, 5.74) is 8.22. The number of nitrogens with zero attached hydrogens (tertiary/aromatic N) is 1. The van der Waals surface area contributed by atoms with Crippen molar-refractivity contribution in [2.75, 3.05) is 30.7 Å². The Kier molecular flexibility index (Phi) is 11.1. The number of rotatable bonds is 11. The molecule has 0 aliphatic rings. The monoisotopic (exact) mass is 462 g/mol. The van der Waals surface area contributed by atoms with Crippen LogP contribution in [0.25, 0.3) is 0 Å². The van der Waals surface area contributed by atoms with Crippen LogP contribution in [0, 0.1) is 5.41 Å². The zero-order valence-corrected chi connectivity index (χ0v) is 20.5. The molecule has 6 heteroatoms. The molecule has 2 aromatic carbocycles. The zero-order chi connectivity index (χ0) is 24.8. The predicted molar refractivity (Wildman–Crippen MR) is 141 cm³/mol. The molecule has 0 saturated heterocycles. The first kappa shape index (κ1) is 26.9. The van der Waals surface area contributed by atoms with Gasteiger partial charge in [0.05, 0.1) is 11.1 Å². The second-order valence-corrected chi connectivity index (χ2v) is 9.09. The molecule has 6 nitrogen and oxygen atoms in total. The van der Waals surface area contributed by atoms with Crippen molar-refractivity contribution in [2.24, 2.45) is 5.41 Å². The van der Waals surface area contributed by atoms with Crippen LogP contribution in [0.2, 0.25) is 0 Å². The van der Waals surface area contributed by atoms with Gasteiger partial charge in [0.25, 0.3) is 0 Å². The number of carboxylic acid groups (broad SMARTS) is 1. The minimum absolute atomic E-state index is 0.356. The van der Waals surface area contributed by atoms with E-state index in [1.807, 2.05) is 60.7 Å². The van der Waals surface area contributed by atoms with Gasteiger partial charge in [-0.15, -0.1) is 0 Å². The summed E-state index contributed by atoms with van der Waals surface area (Å²) in [6.07, 6.45) is 3.19. The molecule has 1 heterocycles. The Morgan fingerprint density at radius 2 is 1.71 bits per heavy atom. The highest BCUT2D eigenvalue weighted by atomic mass is 16.4. The normalized spacial score (nSPS) is 11.7. The van der Waals surface area contributed by atoms with Crippen LogP contribution in [0.4, 0.5) is 11.5 Å². The van der Waals surface area contributed by atoms with E-state index in [0.29, 0.717) is 18.2 Å². The van der Waals surface area contributed by atoms with E-state index in [0.717, 1.165) is 37.3 Å². The highest BCUT2D eigenvalue weighted by molar-refractivity contribution is 5.74. The van der Waals surface area contributed by atoms with Gasteiger partial charge in [0.1, 0.15) is 5.82 Å². The van der Waals surface area contributed by atoms with E-state index in [2.05, 4.69) is 34.7 Å².